The highest BCUT2D eigenvalue weighted by Crippen LogP contribution is 2.20. The van der Waals surface area contributed by atoms with Crippen LogP contribution in [0.3, 0.4) is 0 Å². The molecule has 5 nitrogen and oxygen atoms in total. The minimum Gasteiger partial charge on any atom is -0.480 e. The highest BCUT2D eigenvalue weighted by molar-refractivity contribution is 5.92. The maximum atomic E-state index is 11.1. The van der Waals surface area contributed by atoms with Gasteiger partial charge in [-0.15, -0.1) is 0 Å². The molecule has 18 heavy (non-hydrogen) atoms. The van der Waals surface area contributed by atoms with E-state index in [1.54, 1.807) is 18.2 Å². The van der Waals surface area contributed by atoms with Crippen molar-refractivity contribution >= 4 is 11.9 Å². The fraction of sp³-hybridized carbons (Fsp3) is 0.385. The summed E-state index contributed by atoms with van der Waals surface area (Å²) in [4.78, 5) is 24.1. The zero-order chi connectivity index (χ0) is 13.1. The van der Waals surface area contributed by atoms with Gasteiger partial charge < -0.3 is 10.8 Å². The van der Waals surface area contributed by atoms with Gasteiger partial charge in [0.25, 0.3) is 0 Å². The largest absolute Gasteiger partial charge is 0.480 e. The molecule has 1 aliphatic heterocycles. The van der Waals surface area contributed by atoms with Crippen LogP contribution in [0, 0.1) is 0 Å². The minimum absolute atomic E-state index is 0.415. The first-order valence-corrected chi connectivity index (χ1v) is 5.93. The van der Waals surface area contributed by atoms with Gasteiger partial charge in [-0.1, -0.05) is 12.1 Å². The van der Waals surface area contributed by atoms with Gasteiger partial charge in [-0.2, -0.15) is 0 Å². The van der Waals surface area contributed by atoms with Crippen molar-refractivity contribution in [2.45, 2.75) is 25.4 Å². The summed E-state index contributed by atoms with van der Waals surface area (Å²) in [5.74, 6) is -1.24. The number of primary amides is 1. The molecule has 1 unspecified atom stereocenters. The standard InChI is InChI=1S/C13H16N2O3/c14-12(16)10-4-1-3-9(7-10)8-15-6-2-5-11(15)13(17)18/h1,3-4,7,11H,2,5-6,8H2,(H2,14,16)(H,17,18). The molecule has 1 heterocycles. The molecule has 5 heteroatoms. The highest BCUT2D eigenvalue weighted by atomic mass is 16.4. The lowest BCUT2D eigenvalue weighted by atomic mass is 10.1. The van der Waals surface area contributed by atoms with Crippen molar-refractivity contribution in [1.82, 2.24) is 4.90 Å². The Bertz CT molecular complexity index is 473. The Hall–Kier alpha value is -1.88. The van der Waals surface area contributed by atoms with Crippen LogP contribution < -0.4 is 5.73 Å². The molecule has 1 fully saturated rings. The van der Waals surface area contributed by atoms with Gasteiger partial charge in [0.1, 0.15) is 6.04 Å². The number of benzene rings is 1. The van der Waals surface area contributed by atoms with Crippen LogP contribution >= 0.6 is 0 Å². The van der Waals surface area contributed by atoms with Crippen molar-refractivity contribution in [2.24, 2.45) is 5.73 Å². The number of carboxylic acids is 1. The van der Waals surface area contributed by atoms with Crippen molar-refractivity contribution < 1.29 is 14.7 Å². The summed E-state index contributed by atoms with van der Waals surface area (Å²) in [6, 6.07) is 6.61. The molecule has 1 atom stereocenters. The normalized spacial score (nSPS) is 19.9. The van der Waals surface area contributed by atoms with Gasteiger partial charge in [0.05, 0.1) is 0 Å². The van der Waals surface area contributed by atoms with Crippen LogP contribution in [0.4, 0.5) is 0 Å². The van der Waals surface area contributed by atoms with Crippen molar-refractivity contribution in [3.63, 3.8) is 0 Å². The van der Waals surface area contributed by atoms with Crippen LogP contribution in [0.1, 0.15) is 28.8 Å². The number of carbonyl (C=O) groups excluding carboxylic acids is 1. The molecule has 1 saturated heterocycles. The number of nitrogens with zero attached hydrogens (tertiary/aromatic N) is 1. The van der Waals surface area contributed by atoms with Crippen LogP contribution in [-0.4, -0.2) is 34.5 Å². The highest BCUT2D eigenvalue weighted by Gasteiger charge is 2.30. The molecule has 0 aliphatic carbocycles. The SMILES string of the molecule is NC(=O)c1cccc(CN2CCCC2C(=O)O)c1. The van der Waals surface area contributed by atoms with Gasteiger partial charge >= 0.3 is 5.97 Å². The number of aliphatic carboxylic acids is 1. The first-order valence-electron chi connectivity index (χ1n) is 5.93. The molecular formula is C13H16N2O3. The number of carboxylic acid groups (broad SMARTS) is 1. The Balaban J connectivity index is 2.11. The Labute approximate surface area is 105 Å². The molecular weight excluding hydrogens is 232 g/mol. The zero-order valence-electron chi connectivity index (χ0n) is 10.0. The van der Waals surface area contributed by atoms with Crippen LogP contribution in [0.2, 0.25) is 0 Å². The predicted molar refractivity (Wildman–Crippen MR) is 66.0 cm³/mol. The van der Waals surface area contributed by atoms with Gasteiger partial charge in [-0.25, -0.2) is 0 Å². The average molecular weight is 248 g/mol. The third kappa shape index (κ3) is 2.68. The zero-order valence-corrected chi connectivity index (χ0v) is 10.0. The summed E-state index contributed by atoms with van der Waals surface area (Å²) in [5.41, 5.74) is 6.59. The minimum atomic E-state index is -0.779. The number of carbonyl (C=O) groups is 2. The topological polar surface area (TPSA) is 83.6 Å². The summed E-state index contributed by atoms with van der Waals surface area (Å²) < 4.78 is 0. The summed E-state index contributed by atoms with van der Waals surface area (Å²) in [7, 11) is 0. The molecule has 1 amide bonds. The molecule has 1 aliphatic rings. The van der Waals surface area contributed by atoms with Crippen LogP contribution in [0.15, 0.2) is 24.3 Å². The van der Waals surface area contributed by atoms with Crippen LogP contribution in [0.25, 0.3) is 0 Å². The van der Waals surface area contributed by atoms with E-state index in [9.17, 15) is 9.59 Å². The number of hydrogen-bond donors (Lipinski definition) is 2. The van der Waals surface area contributed by atoms with Crippen LogP contribution in [-0.2, 0) is 11.3 Å². The Morgan fingerprint density at radius 2 is 2.22 bits per heavy atom. The second-order valence-corrected chi connectivity index (χ2v) is 4.53. The second-order valence-electron chi connectivity index (χ2n) is 4.53. The molecule has 1 aromatic rings. The number of amides is 1. The van der Waals surface area contributed by atoms with E-state index in [1.165, 1.54) is 0 Å². The van der Waals surface area contributed by atoms with Gasteiger partial charge in [-0.3, -0.25) is 14.5 Å². The Morgan fingerprint density at radius 3 is 2.89 bits per heavy atom. The molecule has 0 aromatic heterocycles. The van der Waals surface area contributed by atoms with Gasteiger partial charge in [0.15, 0.2) is 0 Å². The predicted octanol–water partition coefficient (Wildman–Crippen LogP) is 0.834. The van der Waals surface area contributed by atoms with E-state index in [-0.39, 0.29) is 0 Å². The van der Waals surface area contributed by atoms with Crippen LogP contribution in [0.5, 0.6) is 0 Å². The van der Waals surface area contributed by atoms with Crippen molar-refractivity contribution in [3.8, 4) is 0 Å². The summed E-state index contributed by atoms with van der Waals surface area (Å²) in [6.07, 6.45) is 1.58. The average Bonchev–Trinajstić information content (AvgIpc) is 2.77. The lowest BCUT2D eigenvalue weighted by Crippen LogP contribution is -2.35. The van der Waals surface area contributed by atoms with E-state index in [4.69, 9.17) is 10.8 Å². The quantitative estimate of drug-likeness (QED) is 0.826. The maximum Gasteiger partial charge on any atom is 0.320 e. The fourth-order valence-electron chi connectivity index (χ4n) is 2.35. The number of rotatable bonds is 4. The molecule has 0 spiro atoms. The van der Waals surface area contributed by atoms with E-state index in [1.807, 2.05) is 11.0 Å². The Morgan fingerprint density at radius 1 is 1.44 bits per heavy atom. The first kappa shape index (κ1) is 12.6. The van der Waals surface area contributed by atoms with Crippen molar-refractivity contribution in [2.75, 3.05) is 6.54 Å². The van der Waals surface area contributed by atoms with Gasteiger partial charge in [-0.05, 0) is 37.1 Å². The summed E-state index contributed by atoms with van der Waals surface area (Å²) >= 11 is 0. The molecule has 1 aromatic carbocycles. The molecule has 96 valence electrons. The third-order valence-corrected chi connectivity index (χ3v) is 3.25. The molecule has 0 radical (unpaired) electrons. The number of hydrogen-bond acceptors (Lipinski definition) is 3. The molecule has 0 bridgehead atoms. The monoisotopic (exact) mass is 248 g/mol. The Kier molecular flexibility index (Phi) is 3.62. The van der Waals surface area contributed by atoms with E-state index < -0.39 is 17.9 Å². The van der Waals surface area contributed by atoms with E-state index in [0.717, 1.165) is 18.5 Å². The molecule has 3 N–H and O–H groups in total. The van der Waals surface area contributed by atoms with E-state index in [2.05, 4.69) is 0 Å². The third-order valence-electron chi connectivity index (χ3n) is 3.25. The maximum absolute atomic E-state index is 11.1. The van der Waals surface area contributed by atoms with E-state index in [0.29, 0.717) is 18.5 Å². The lowest BCUT2D eigenvalue weighted by molar-refractivity contribution is -0.142. The van der Waals surface area contributed by atoms with Gasteiger partial charge in [0.2, 0.25) is 5.91 Å². The molecule has 0 saturated carbocycles. The van der Waals surface area contributed by atoms with Crippen molar-refractivity contribution in [3.05, 3.63) is 35.4 Å². The second kappa shape index (κ2) is 5.18. The number of likely N-dealkylation sites (tertiary alicyclic amines) is 1. The van der Waals surface area contributed by atoms with E-state index >= 15 is 0 Å². The first-order chi connectivity index (χ1) is 8.58. The van der Waals surface area contributed by atoms with Gasteiger partial charge in [0, 0.05) is 12.1 Å². The molecule has 2 rings (SSSR count). The summed E-state index contributed by atoms with van der Waals surface area (Å²) in [5, 5.41) is 9.09. The van der Waals surface area contributed by atoms with Crippen molar-refractivity contribution in [1.29, 1.82) is 0 Å². The number of nitrogens with two attached hydrogens (primary N) is 1. The fourth-order valence-corrected chi connectivity index (χ4v) is 2.35. The lowest BCUT2D eigenvalue weighted by Gasteiger charge is -2.21. The summed E-state index contributed by atoms with van der Waals surface area (Å²) in [6.45, 7) is 1.32. The smallest absolute Gasteiger partial charge is 0.320 e.